The molecule has 5 heteroatoms. The Bertz CT molecular complexity index is 381. The van der Waals surface area contributed by atoms with Gasteiger partial charge in [0.25, 0.3) is 5.91 Å². The average Bonchev–Trinajstić information content (AvgIpc) is 2.45. The Morgan fingerprint density at radius 3 is 2.95 bits per heavy atom. The van der Waals surface area contributed by atoms with Crippen LogP contribution in [-0.2, 0) is 16.0 Å². The van der Waals surface area contributed by atoms with E-state index in [1.165, 1.54) is 5.56 Å². The van der Waals surface area contributed by atoms with E-state index >= 15 is 0 Å². The first-order valence-corrected chi connectivity index (χ1v) is 6.43. The fourth-order valence-electron chi connectivity index (χ4n) is 1.48. The predicted molar refractivity (Wildman–Crippen MR) is 72.2 cm³/mol. The number of hydrogen-bond donors (Lipinski definition) is 2. The van der Waals surface area contributed by atoms with Crippen LogP contribution in [-0.4, -0.2) is 44.0 Å². The largest absolute Gasteiger partial charge is 0.484 e. The molecule has 19 heavy (non-hydrogen) atoms. The number of aryl methyl sites for hydroxylation is 1. The summed E-state index contributed by atoms with van der Waals surface area (Å²) in [5, 5.41) is 11.2. The second-order valence-electron chi connectivity index (χ2n) is 3.98. The van der Waals surface area contributed by atoms with Crippen LogP contribution in [0.5, 0.6) is 5.75 Å². The molecule has 0 aliphatic heterocycles. The standard InChI is InChI=1S/C14H21NO4/c1-2-12-4-3-5-13(10-12)19-11-14(17)15-6-8-18-9-7-16/h3-5,10,16H,2,6-9,11H2,1H3,(H,15,17). The van der Waals surface area contributed by atoms with Gasteiger partial charge in [-0.1, -0.05) is 19.1 Å². The lowest BCUT2D eigenvalue weighted by Gasteiger charge is -2.08. The molecule has 0 unspecified atom stereocenters. The van der Waals surface area contributed by atoms with E-state index in [0.29, 0.717) is 18.9 Å². The number of nitrogens with one attached hydrogen (secondary N) is 1. The van der Waals surface area contributed by atoms with E-state index in [2.05, 4.69) is 12.2 Å². The van der Waals surface area contributed by atoms with Crippen molar-refractivity contribution in [3.05, 3.63) is 29.8 Å². The van der Waals surface area contributed by atoms with Crippen molar-refractivity contribution in [1.29, 1.82) is 0 Å². The molecule has 0 radical (unpaired) electrons. The third kappa shape index (κ3) is 6.79. The Morgan fingerprint density at radius 1 is 1.37 bits per heavy atom. The van der Waals surface area contributed by atoms with Crippen LogP contribution in [0.25, 0.3) is 0 Å². The minimum Gasteiger partial charge on any atom is -0.484 e. The quantitative estimate of drug-likeness (QED) is 0.648. The maximum absolute atomic E-state index is 11.5. The molecule has 0 saturated carbocycles. The van der Waals surface area contributed by atoms with Crippen molar-refractivity contribution in [3.63, 3.8) is 0 Å². The van der Waals surface area contributed by atoms with Gasteiger partial charge in [-0.05, 0) is 24.1 Å². The number of amides is 1. The van der Waals surface area contributed by atoms with Crippen molar-refractivity contribution >= 4 is 5.91 Å². The highest BCUT2D eigenvalue weighted by Crippen LogP contribution is 2.13. The molecular weight excluding hydrogens is 246 g/mol. The molecule has 5 nitrogen and oxygen atoms in total. The number of aliphatic hydroxyl groups is 1. The number of hydrogen-bond acceptors (Lipinski definition) is 4. The highest BCUT2D eigenvalue weighted by Gasteiger charge is 2.02. The molecule has 0 aliphatic rings. The van der Waals surface area contributed by atoms with Gasteiger partial charge >= 0.3 is 0 Å². The van der Waals surface area contributed by atoms with Crippen LogP contribution in [0, 0.1) is 0 Å². The molecule has 0 atom stereocenters. The summed E-state index contributed by atoms with van der Waals surface area (Å²) in [4.78, 5) is 11.5. The summed E-state index contributed by atoms with van der Waals surface area (Å²) in [5.74, 6) is 0.514. The van der Waals surface area contributed by atoms with E-state index in [9.17, 15) is 4.79 Å². The number of benzene rings is 1. The molecule has 1 aromatic carbocycles. The minimum atomic E-state index is -0.186. The highest BCUT2D eigenvalue weighted by atomic mass is 16.5. The Hall–Kier alpha value is -1.59. The molecule has 0 fully saturated rings. The summed E-state index contributed by atoms with van der Waals surface area (Å²) in [6, 6.07) is 7.69. The van der Waals surface area contributed by atoms with E-state index in [0.717, 1.165) is 6.42 Å². The van der Waals surface area contributed by atoms with E-state index in [4.69, 9.17) is 14.6 Å². The summed E-state index contributed by atoms with van der Waals surface area (Å²) < 4.78 is 10.4. The van der Waals surface area contributed by atoms with Gasteiger partial charge in [0, 0.05) is 6.54 Å². The van der Waals surface area contributed by atoms with Crippen LogP contribution >= 0.6 is 0 Å². The zero-order valence-corrected chi connectivity index (χ0v) is 11.2. The fraction of sp³-hybridized carbons (Fsp3) is 0.500. The second kappa shape index (κ2) is 9.35. The zero-order valence-electron chi connectivity index (χ0n) is 11.2. The van der Waals surface area contributed by atoms with Crippen LogP contribution in [0.3, 0.4) is 0 Å². The molecule has 0 heterocycles. The Morgan fingerprint density at radius 2 is 2.21 bits per heavy atom. The molecule has 1 rings (SSSR count). The molecule has 2 N–H and O–H groups in total. The molecule has 106 valence electrons. The number of ether oxygens (including phenoxy) is 2. The first-order chi connectivity index (χ1) is 9.26. The molecule has 0 saturated heterocycles. The van der Waals surface area contributed by atoms with E-state index in [-0.39, 0.29) is 25.7 Å². The van der Waals surface area contributed by atoms with Crippen LogP contribution in [0.15, 0.2) is 24.3 Å². The number of aliphatic hydroxyl groups excluding tert-OH is 1. The average molecular weight is 267 g/mol. The molecule has 1 aromatic rings. The summed E-state index contributed by atoms with van der Waals surface area (Å²) in [6.45, 7) is 3.14. The molecule has 0 spiro atoms. The van der Waals surface area contributed by atoms with Gasteiger partial charge in [0.05, 0.1) is 19.8 Å². The molecule has 0 aromatic heterocycles. The smallest absolute Gasteiger partial charge is 0.258 e. The normalized spacial score (nSPS) is 10.2. The molecule has 1 amide bonds. The zero-order chi connectivity index (χ0) is 13.9. The van der Waals surface area contributed by atoms with Crippen LogP contribution < -0.4 is 10.1 Å². The lowest BCUT2D eigenvalue weighted by molar-refractivity contribution is -0.123. The maximum atomic E-state index is 11.5. The Balaban J connectivity index is 2.18. The van der Waals surface area contributed by atoms with Gasteiger partial charge in [-0.3, -0.25) is 4.79 Å². The summed E-state index contributed by atoms with van der Waals surface area (Å²) >= 11 is 0. The van der Waals surface area contributed by atoms with E-state index in [1.54, 1.807) is 0 Å². The lowest BCUT2D eigenvalue weighted by Crippen LogP contribution is -2.31. The number of carbonyl (C=O) groups is 1. The monoisotopic (exact) mass is 267 g/mol. The van der Waals surface area contributed by atoms with Gasteiger partial charge in [0.2, 0.25) is 0 Å². The highest BCUT2D eigenvalue weighted by molar-refractivity contribution is 5.77. The SMILES string of the molecule is CCc1cccc(OCC(=O)NCCOCCO)c1. The predicted octanol–water partition coefficient (Wildman–Crippen LogP) is 0.753. The van der Waals surface area contributed by atoms with E-state index in [1.807, 2.05) is 24.3 Å². The van der Waals surface area contributed by atoms with Gasteiger partial charge in [-0.15, -0.1) is 0 Å². The van der Waals surface area contributed by atoms with Crippen molar-refractivity contribution in [2.75, 3.05) is 33.0 Å². The topological polar surface area (TPSA) is 67.8 Å². The summed E-state index contributed by atoms with van der Waals surface area (Å²) in [7, 11) is 0. The van der Waals surface area contributed by atoms with Crippen LogP contribution in [0.1, 0.15) is 12.5 Å². The van der Waals surface area contributed by atoms with Gasteiger partial charge < -0.3 is 19.9 Å². The van der Waals surface area contributed by atoms with Gasteiger partial charge in [0.15, 0.2) is 6.61 Å². The van der Waals surface area contributed by atoms with Crippen molar-refractivity contribution in [2.24, 2.45) is 0 Å². The van der Waals surface area contributed by atoms with Crippen molar-refractivity contribution in [1.82, 2.24) is 5.32 Å². The molecular formula is C14H21NO4. The third-order valence-corrected chi connectivity index (χ3v) is 2.48. The Labute approximate surface area is 113 Å². The lowest BCUT2D eigenvalue weighted by atomic mass is 10.2. The Kier molecular flexibility index (Phi) is 7.62. The third-order valence-electron chi connectivity index (χ3n) is 2.48. The minimum absolute atomic E-state index is 0.00678. The fourth-order valence-corrected chi connectivity index (χ4v) is 1.48. The first-order valence-electron chi connectivity index (χ1n) is 6.43. The van der Waals surface area contributed by atoms with Gasteiger partial charge in [-0.25, -0.2) is 0 Å². The number of rotatable bonds is 9. The van der Waals surface area contributed by atoms with Crippen LogP contribution in [0.4, 0.5) is 0 Å². The maximum Gasteiger partial charge on any atom is 0.258 e. The number of carbonyl (C=O) groups excluding carboxylic acids is 1. The van der Waals surface area contributed by atoms with Crippen molar-refractivity contribution in [2.45, 2.75) is 13.3 Å². The van der Waals surface area contributed by atoms with Gasteiger partial charge in [0.1, 0.15) is 5.75 Å². The molecule has 0 bridgehead atoms. The summed E-state index contributed by atoms with van der Waals surface area (Å²) in [6.07, 6.45) is 0.936. The molecule has 0 aliphatic carbocycles. The van der Waals surface area contributed by atoms with Crippen molar-refractivity contribution in [3.8, 4) is 5.75 Å². The van der Waals surface area contributed by atoms with E-state index < -0.39 is 0 Å². The second-order valence-corrected chi connectivity index (χ2v) is 3.98. The van der Waals surface area contributed by atoms with Crippen molar-refractivity contribution < 1.29 is 19.4 Å². The van der Waals surface area contributed by atoms with Gasteiger partial charge in [-0.2, -0.15) is 0 Å². The van der Waals surface area contributed by atoms with Crippen LogP contribution in [0.2, 0.25) is 0 Å². The first kappa shape index (κ1) is 15.5. The summed E-state index contributed by atoms with van der Waals surface area (Å²) in [5.41, 5.74) is 1.18.